The molecule has 1 atom stereocenters. The normalized spacial score (nSPS) is 14.3. The lowest BCUT2D eigenvalue weighted by Gasteiger charge is -2.18. The van der Waals surface area contributed by atoms with Gasteiger partial charge in [-0.2, -0.15) is 13.2 Å². The third-order valence-electron chi connectivity index (χ3n) is 3.81. The van der Waals surface area contributed by atoms with Crippen LogP contribution in [0.2, 0.25) is 5.02 Å². The van der Waals surface area contributed by atoms with Crippen molar-refractivity contribution in [3.8, 4) is 0 Å². The Morgan fingerprint density at radius 1 is 1.12 bits per heavy atom. The van der Waals surface area contributed by atoms with Gasteiger partial charge < -0.3 is 0 Å². The third-order valence-corrected chi connectivity index (χ3v) is 4.03. The van der Waals surface area contributed by atoms with E-state index in [9.17, 15) is 13.2 Å². The van der Waals surface area contributed by atoms with Crippen LogP contribution in [-0.2, 0) is 6.42 Å². The molecule has 1 aromatic carbocycles. The predicted octanol–water partition coefficient (Wildman–Crippen LogP) is 6.68. The quantitative estimate of drug-likeness (QED) is 0.511. The fraction of sp³-hybridized carbons (Fsp3) is 0.190. The maximum atomic E-state index is 12.3. The summed E-state index contributed by atoms with van der Waals surface area (Å²) in [5, 5.41) is 0.540. The van der Waals surface area contributed by atoms with Crippen molar-refractivity contribution < 1.29 is 13.2 Å². The molecule has 136 valence electrons. The molecule has 0 fully saturated rings. The van der Waals surface area contributed by atoms with Crippen LogP contribution >= 0.6 is 11.6 Å². The van der Waals surface area contributed by atoms with Crippen LogP contribution in [0.15, 0.2) is 84.6 Å². The third kappa shape index (κ3) is 6.52. The lowest BCUT2D eigenvalue weighted by atomic mass is 9.88. The monoisotopic (exact) mass is 377 g/mol. The van der Waals surface area contributed by atoms with Crippen LogP contribution in [0, 0.1) is 0 Å². The van der Waals surface area contributed by atoms with Crippen LogP contribution in [0.5, 0.6) is 0 Å². The summed E-state index contributed by atoms with van der Waals surface area (Å²) in [6, 6.07) is 13.5. The first-order valence-corrected chi connectivity index (χ1v) is 8.51. The van der Waals surface area contributed by atoms with Gasteiger partial charge in [-0.05, 0) is 36.6 Å². The molecule has 1 unspecified atom stereocenters. The zero-order valence-corrected chi connectivity index (χ0v) is 15.0. The van der Waals surface area contributed by atoms with Crippen molar-refractivity contribution in [1.29, 1.82) is 0 Å². The van der Waals surface area contributed by atoms with Gasteiger partial charge in [0.25, 0.3) is 0 Å². The molecule has 1 nitrogen and oxygen atoms in total. The summed E-state index contributed by atoms with van der Waals surface area (Å²) in [4.78, 5) is 4.41. The number of rotatable bonds is 6. The molecule has 2 aromatic rings. The molecule has 1 heterocycles. The number of pyridine rings is 1. The Labute approximate surface area is 156 Å². The number of hydrogen-bond donors (Lipinski definition) is 0. The SMILES string of the molecule is C\C=C(/C=C\C=C\C(F)(F)F)C(Cc1ccccc1)c1ccc(Cl)cn1. The molecule has 0 N–H and O–H groups in total. The summed E-state index contributed by atoms with van der Waals surface area (Å²) in [6.45, 7) is 1.86. The highest BCUT2D eigenvalue weighted by Crippen LogP contribution is 2.29. The van der Waals surface area contributed by atoms with Crippen LogP contribution in [-0.4, -0.2) is 11.2 Å². The number of allylic oxidation sites excluding steroid dienone is 6. The molecule has 0 radical (unpaired) electrons. The van der Waals surface area contributed by atoms with Crippen molar-refractivity contribution in [3.05, 3.63) is 101 Å². The smallest absolute Gasteiger partial charge is 0.259 e. The highest BCUT2D eigenvalue weighted by Gasteiger charge is 2.21. The minimum atomic E-state index is -4.32. The maximum Gasteiger partial charge on any atom is 0.409 e. The van der Waals surface area contributed by atoms with Gasteiger partial charge in [-0.3, -0.25) is 4.98 Å². The molecule has 0 amide bonds. The van der Waals surface area contributed by atoms with Gasteiger partial charge in [-0.25, -0.2) is 0 Å². The molecule has 0 bridgehead atoms. The molecule has 1 aromatic heterocycles. The van der Waals surface area contributed by atoms with Crippen molar-refractivity contribution in [2.24, 2.45) is 0 Å². The maximum absolute atomic E-state index is 12.3. The van der Waals surface area contributed by atoms with Crippen LogP contribution in [0.3, 0.4) is 0 Å². The van der Waals surface area contributed by atoms with Crippen molar-refractivity contribution in [1.82, 2.24) is 4.98 Å². The largest absolute Gasteiger partial charge is 0.409 e. The minimum absolute atomic E-state index is 0.0878. The molecule has 2 rings (SSSR count). The molecule has 0 saturated heterocycles. The second-order valence-corrected chi connectivity index (χ2v) is 6.13. The van der Waals surface area contributed by atoms with E-state index < -0.39 is 6.18 Å². The van der Waals surface area contributed by atoms with E-state index in [1.165, 1.54) is 6.08 Å². The fourth-order valence-electron chi connectivity index (χ4n) is 2.58. The number of nitrogens with zero attached hydrogens (tertiary/aromatic N) is 1. The molecular formula is C21H19ClF3N. The lowest BCUT2D eigenvalue weighted by molar-refractivity contribution is -0.0798. The number of alkyl halides is 3. The van der Waals surface area contributed by atoms with Crippen LogP contribution in [0.4, 0.5) is 13.2 Å². The fourth-order valence-corrected chi connectivity index (χ4v) is 2.69. The summed E-state index contributed by atoms with van der Waals surface area (Å²) in [6.07, 6.45) is 4.13. The number of benzene rings is 1. The van der Waals surface area contributed by atoms with Gasteiger partial charge in [-0.15, -0.1) is 0 Å². The molecule has 5 heteroatoms. The van der Waals surface area contributed by atoms with Crippen molar-refractivity contribution >= 4 is 11.6 Å². The molecular weight excluding hydrogens is 359 g/mol. The number of hydrogen-bond acceptors (Lipinski definition) is 1. The topological polar surface area (TPSA) is 12.9 Å². The van der Waals surface area contributed by atoms with Crippen molar-refractivity contribution in [2.75, 3.05) is 0 Å². The average molecular weight is 378 g/mol. The Morgan fingerprint density at radius 3 is 2.42 bits per heavy atom. The molecule has 0 spiro atoms. The van der Waals surface area contributed by atoms with E-state index in [-0.39, 0.29) is 12.0 Å². The standard InChI is InChI=1S/C21H19ClF3N/c1-2-17(10-6-7-13-21(23,24)25)19(14-16-8-4-3-5-9-16)20-12-11-18(22)15-26-20/h2-13,15,19H,14H2,1H3/b10-6-,13-7+,17-2+. The first-order chi connectivity index (χ1) is 12.4. The second kappa shape index (κ2) is 9.39. The first-order valence-electron chi connectivity index (χ1n) is 8.13. The summed E-state index contributed by atoms with van der Waals surface area (Å²) in [5.41, 5.74) is 2.82. The van der Waals surface area contributed by atoms with Crippen LogP contribution < -0.4 is 0 Å². The van der Waals surface area contributed by atoms with E-state index in [1.54, 1.807) is 18.3 Å². The van der Waals surface area contributed by atoms with Gasteiger partial charge >= 0.3 is 6.18 Å². The highest BCUT2D eigenvalue weighted by molar-refractivity contribution is 6.30. The van der Waals surface area contributed by atoms with Gasteiger partial charge in [0, 0.05) is 23.9 Å². The Bertz CT molecular complexity index is 775. The Morgan fingerprint density at radius 2 is 1.85 bits per heavy atom. The summed E-state index contributed by atoms with van der Waals surface area (Å²) < 4.78 is 36.8. The Balaban J connectivity index is 2.30. The Hall–Kier alpha value is -2.33. The van der Waals surface area contributed by atoms with Gasteiger partial charge in [0.2, 0.25) is 0 Å². The van der Waals surface area contributed by atoms with E-state index in [2.05, 4.69) is 4.98 Å². The zero-order chi connectivity index (χ0) is 19.0. The van der Waals surface area contributed by atoms with Crippen molar-refractivity contribution in [3.63, 3.8) is 0 Å². The van der Waals surface area contributed by atoms with Gasteiger partial charge in [0.15, 0.2) is 0 Å². The van der Waals surface area contributed by atoms with Gasteiger partial charge in [0.1, 0.15) is 0 Å². The van der Waals surface area contributed by atoms with E-state index in [4.69, 9.17) is 11.6 Å². The van der Waals surface area contributed by atoms with Crippen molar-refractivity contribution in [2.45, 2.75) is 25.4 Å². The predicted molar refractivity (Wildman–Crippen MR) is 100 cm³/mol. The highest BCUT2D eigenvalue weighted by atomic mass is 35.5. The van der Waals surface area contributed by atoms with E-state index in [1.807, 2.05) is 49.4 Å². The lowest BCUT2D eigenvalue weighted by Crippen LogP contribution is -2.07. The van der Waals surface area contributed by atoms with E-state index >= 15 is 0 Å². The summed E-state index contributed by atoms with van der Waals surface area (Å²) >= 11 is 5.93. The Kier molecular flexibility index (Phi) is 7.22. The zero-order valence-electron chi connectivity index (χ0n) is 14.2. The first kappa shape index (κ1) is 20.0. The molecule has 0 saturated carbocycles. The van der Waals surface area contributed by atoms with Crippen LogP contribution in [0.25, 0.3) is 0 Å². The van der Waals surface area contributed by atoms with Gasteiger partial charge in [-0.1, -0.05) is 66.2 Å². The summed E-state index contributed by atoms with van der Waals surface area (Å²) in [7, 11) is 0. The minimum Gasteiger partial charge on any atom is -0.259 e. The summed E-state index contributed by atoms with van der Waals surface area (Å²) in [5.74, 6) is -0.0878. The van der Waals surface area contributed by atoms with Gasteiger partial charge in [0.05, 0.1) is 5.02 Å². The number of aromatic nitrogens is 1. The number of halogens is 4. The average Bonchev–Trinajstić information content (AvgIpc) is 2.61. The molecule has 0 aliphatic carbocycles. The second-order valence-electron chi connectivity index (χ2n) is 5.69. The molecule has 0 aliphatic rings. The van der Waals surface area contributed by atoms with Crippen LogP contribution in [0.1, 0.15) is 24.1 Å². The molecule has 0 aliphatic heterocycles. The van der Waals surface area contributed by atoms with E-state index in [0.717, 1.165) is 22.9 Å². The van der Waals surface area contributed by atoms with E-state index in [0.29, 0.717) is 11.4 Å². The molecule has 26 heavy (non-hydrogen) atoms.